The molecule has 0 amide bonds. The lowest BCUT2D eigenvalue weighted by Crippen LogP contribution is -2.01. The number of hydrogen-bond acceptors (Lipinski definition) is 2. The zero-order chi connectivity index (χ0) is 13.6. The van der Waals surface area contributed by atoms with Gasteiger partial charge in [-0.1, -0.05) is 6.07 Å². The number of fused-ring (bicyclic) bond motifs is 1. The summed E-state index contributed by atoms with van der Waals surface area (Å²) >= 11 is 5.16. The summed E-state index contributed by atoms with van der Waals surface area (Å²) in [5.41, 5.74) is 2.16. The van der Waals surface area contributed by atoms with Gasteiger partial charge in [0.05, 0.1) is 11.2 Å². The highest BCUT2D eigenvalue weighted by atomic mass is 32.1. The first kappa shape index (κ1) is 12.0. The second-order valence-electron chi connectivity index (χ2n) is 4.22. The van der Waals surface area contributed by atoms with Crippen molar-refractivity contribution in [3.8, 4) is 5.69 Å². The summed E-state index contributed by atoms with van der Waals surface area (Å²) in [5, 5.41) is 0. The molecule has 0 aliphatic carbocycles. The summed E-state index contributed by atoms with van der Waals surface area (Å²) in [5.74, 6) is -1.86. The van der Waals surface area contributed by atoms with Crippen LogP contribution < -0.4 is 0 Å². The largest absolute Gasteiger partial charge is 0.329 e. The van der Waals surface area contributed by atoms with Crippen molar-refractivity contribution < 1.29 is 8.78 Å². The van der Waals surface area contributed by atoms with Gasteiger partial charge < -0.3 is 4.98 Å². The quantitative estimate of drug-likeness (QED) is 0.688. The highest BCUT2D eigenvalue weighted by Gasteiger charge is 2.14. The fourth-order valence-corrected chi connectivity index (χ4v) is 2.28. The van der Waals surface area contributed by atoms with Crippen LogP contribution in [0.15, 0.2) is 30.5 Å². The van der Waals surface area contributed by atoms with Crippen LogP contribution in [-0.2, 0) is 0 Å². The highest BCUT2D eigenvalue weighted by molar-refractivity contribution is 7.71. The number of hydrogen-bond donors (Lipinski definition) is 1. The van der Waals surface area contributed by atoms with E-state index in [4.69, 9.17) is 12.2 Å². The van der Waals surface area contributed by atoms with Gasteiger partial charge in [-0.2, -0.15) is 0 Å². The van der Waals surface area contributed by atoms with Crippen molar-refractivity contribution in [2.45, 2.75) is 6.92 Å². The van der Waals surface area contributed by atoms with E-state index in [1.54, 1.807) is 6.20 Å². The van der Waals surface area contributed by atoms with E-state index < -0.39 is 11.6 Å². The number of pyridine rings is 1. The van der Waals surface area contributed by atoms with E-state index in [9.17, 15) is 8.78 Å². The molecular formula is C13H9F2N3S. The Balaban J connectivity index is 2.40. The number of H-pyrrole nitrogens is 1. The van der Waals surface area contributed by atoms with Gasteiger partial charge in [-0.15, -0.1) is 0 Å². The van der Waals surface area contributed by atoms with Crippen molar-refractivity contribution in [2.24, 2.45) is 0 Å². The third-order valence-electron chi connectivity index (χ3n) is 2.83. The maximum Gasteiger partial charge on any atom is 0.184 e. The molecule has 0 saturated carbocycles. The minimum absolute atomic E-state index is 0.0487. The Labute approximate surface area is 112 Å². The van der Waals surface area contributed by atoms with E-state index in [0.717, 1.165) is 11.6 Å². The average Bonchev–Trinajstić information content (AvgIpc) is 2.68. The Morgan fingerprint density at radius 3 is 2.89 bits per heavy atom. The van der Waals surface area contributed by atoms with Crippen LogP contribution in [0.25, 0.3) is 16.9 Å². The van der Waals surface area contributed by atoms with E-state index in [1.165, 1.54) is 16.7 Å². The molecule has 0 fully saturated rings. The predicted octanol–water partition coefficient (Wildman–Crippen LogP) is 3.67. The minimum atomic E-state index is -0.943. The molecule has 0 atom stereocenters. The molecule has 1 aromatic carbocycles. The normalized spacial score (nSPS) is 11.1. The number of nitrogens with one attached hydrogen (secondary N) is 1. The summed E-state index contributed by atoms with van der Waals surface area (Å²) in [7, 11) is 0. The lowest BCUT2D eigenvalue weighted by molar-refractivity contribution is 0.504. The van der Waals surface area contributed by atoms with Gasteiger partial charge in [0.15, 0.2) is 22.1 Å². The van der Waals surface area contributed by atoms with Gasteiger partial charge in [-0.05, 0) is 42.9 Å². The monoisotopic (exact) mass is 277 g/mol. The Hall–Kier alpha value is -2.08. The van der Waals surface area contributed by atoms with E-state index in [1.807, 2.05) is 13.0 Å². The molecular weight excluding hydrogens is 268 g/mol. The fourth-order valence-electron chi connectivity index (χ4n) is 1.99. The van der Waals surface area contributed by atoms with E-state index >= 15 is 0 Å². The highest BCUT2D eigenvalue weighted by Crippen LogP contribution is 2.22. The third-order valence-corrected chi connectivity index (χ3v) is 3.12. The Morgan fingerprint density at radius 1 is 1.32 bits per heavy atom. The molecule has 3 aromatic rings. The van der Waals surface area contributed by atoms with Crippen LogP contribution in [0, 0.1) is 23.3 Å². The number of nitrogens with zero attached hydrogens (tertiary/aromatic N) is 2. The lowest BCUT2D eigenvalue weighted by Gasteiger charge is -2.05. The summed E-state index contributed by atoms with van der Waals surface area (Å²) in [6.45, 7) is 1.89. The molecule has 0 saturated heterocycles. The van der Waals surface area contributed by atoms with Crippen molar-refractivity contribution >= 4 is 23.4 Å². The van der Waals surface area contributed by atoms with Gasteiger partial charge in [-0.25, -0.2) is 13.8 Å². The first-order valence-electron chi connectivity index (χ1n) is 5.59. The van der Waals surface area contributed by atoms with Crippen LogP contribution in [-0.4, -0.2) is 14.5 Å². The molecule has 3 nitrogen and oxygen atoms in total. The zero-order valence-corrected chi connectivity index (χ0v) is 10.8. The minimum Gasteiger partial charge on any atom is -0.329 e. The number of benzene rings is 1. The third kappa shape index (κ3) is 1.84. The number of aryl methyl sites for hydroxylation is 1. The molecule has 3 rings (SSSR count). The van der Waals surface area contributed by atoms with Gasteiger partial charge >= 0.3 is 0 Å². The SMILES string of the molecule is Cc1cnc2c(c1)[nH]c(=S)n2-c1cccc(F)c1F. The van der Waals surface area contributed by atoms with Gasteiger partial charge in [0, 0.05) is 6.20 Å². The molecule has 0 aliphatic heterocycles. The van der Waals surface area contributed by atoms with Crippen molar-refractivity contribution in [3.05, 3.63) is 52.4 Å². The molecule has 19 heavy (non-hydrogen) atoms. The molecule has 0 unspecified atom stereocenters. The van der Waals surface area contributed by atoms with Gasteiger partial charge in [0.25, 0.3) is 0 Å². The Bertz CT molecular complexity index is 836. The standard InChI is InChI=1S/C13H9F2N3S/c1-7-5-9-12(16-6-7)18(13(19)17-9)10-4-2-3-8(14)11(10)15/h2-6H,1H3,(H,17,19). The van der Waals surface area contributed by atoms with Crippen LogP contribution in [0.3, 0.4) is 0 Å². The molecule has 2 heterocycles. The zero-order valence-electron chi connectivity index (χ0n) is 9.95. The van der Waals surface area contributed by atoms with Gasteiger partial charge in [0.1, 0.15) is 0 Å². The number of halogens is 2. The summed E-state index contributed by atoms with van der Waals surface area (Å²) in [6.07, 6.45) is 1.65. The lowest BCUT2D eigenvalue weighted by atomic mass is 10.3. The van der Waals surface area contributed by atoms with Crippen LogP contribution in [0.1, 0.15) is 5.56 Å². The second kappa shape index (κ2) is 4.24. The van der Waals surface area contributed by atoms with E-state index in [-0.39, 0.29) is 10.5 Å². The summed E-state index contributed by atoms with van der Waals surface area (Å²) < 4.78 is 28.8. The molecule has 0 bridgehead atoms. The van der Waals surface area contributed by atoms with E-state index in [2.05, 4.69) is 9.97 Å². The average molecular weight is 277 g/mol. The van der Waals surface area contributed by atoms with Crippen LogP contribution in [0.4, 0.5) is 8.78 Å². The number of rotatable bonds is 1. The summed E-state index contributed by atoms with van der Waals surface area (Å²) in [4.78, 5) is 7.16. The Kier molecular flexibility index (Phi) is 2.67. The van der Waals surface area contributed by atoms with Crippen LogP contribution >= 0.6 is 12.2 Å². The molecule has 1 N–H and O–H groups in total. The van der Waals surface area contributed by atoms with Crippen LogP contribution in [0.2, 0.25) is 0 Å². The van der Waals surface area contributed by atoms with Crippen molar-refractivity contribution in [1.82, 2.24) is 14.5 Å². The molecule has 2 aromatic heterocycles. The second-order valence-corrected chi connectivity index (χ2v) is 4.61. The number of aromatic nitrogens is 3. The molecule has 0 aliphatic rings. The van der Waals surface area contributed by atoms with E-state index in [0.29, 0.717) is 11.2 Å². The predicted molar refractivity (Wildman–Crippen MR) is 70.9 cm³/mol. The molecule has 6 heteroatoms. The number of aromatic amines is 1. The summed E-state index contributed by atoms with van der Waals surface area (Å²) in [6, 6.07) is 5.81. The smallest absolute Gasteiger partial charge is 0.184 e. The maximum atomic E-state index is 13.9. The fraction of sp³-hybridized carbons (Fsp3) is 0.0769. The van der Waals surface area contributed by atoms with Crippen molar-refractivity contribution in [2.75, 3.05) is 0 Å². The molecule has 96 valence electrons. The molecule has 0 radical (unpaired) electrons. The Morgan fingerprint density at radius 2 is 2.11 bits per heavy atom. The van der Waals surface area contributed by atoms with Crippen molar-refractivity contribution in [3.63, 3.8) is 0 Å². The number of imidazole rings is 1. The van der Waals surface area contributed by atoms with Crippen LogP contribution in [0.5, 0.6) is 0 Å². The van der Waals surface area contributed by atoms with Crippen molar-refractivity contribution in [1.29, 1.82) is 0 Å². The first-order valence-corrected chi connectivity index (χ1v) is 6.00. The maximum absolute atomic E-state index is 13.9. The first-order chi connectivity index (χ1) is 9.08. The van der Waals surface area contributed by atoms with Gasteiger partial charge in [-0.3, -0.25) is 4.57 Å². The molecule has 0 spiro atoms. The topological polar surface area (TPSA) is 33.6 Å². The van der Waals surface area contributed by atoms with Gasteiger partial charge in [0.2, 0.25) is 0 Å².